The van der Waals surface area contributed by atoms with Crippen LogP contribution in [0.5, 0.6) is 0 Å². The Morgan fingerprint density at radius 2 is 1.83 bits per heavy atom. The summed E-state index contributed by atoms with van der Waals surface area (Å²) in [6.07, 6.45) is 9.36. The molecule has 6 rings (SSSR count). The summed E-state index contributed by atoms with van der Waals surface area (Å²) < 4.78 is 17.6. The lowest BCUT2D eigenvalue weighted by Gasteiger charge is -2.35. The zero-order valence-electron chi connectivity index (χ0n) is 19.5. The van der Waals surface area contributed by atoms with Crippen LogP contribution in [0.2, 0.25) is 0 Å². The Morgan fingerprint density at radius 3 is 2.49 bits per heavy atom. The van der Waals surface area contributed by atoms with E-state index < -0.39 is 5.95 Å². The zero-order valence-corrected chi connectivity index (χ0v) is 19.5. The van der Waals surface area contributed by atoms with Gasteiger partial charge in [-0.05, 0) is 43.9 Å². The van der Waals surface area contributed by atoms with Crippen molar-refractivity contribution in [1.82, 2.24) is 29.5 Å². The number of hydrogen-bond acceptors (Lipinski definition) is 6. The highest BCUT2D eigenvalue weighted by Gasteiger charge is 2.29. The first-order valence-electron chi connectivity index (χ1n) is 12.0. The Bertz CT molecular complexity index is 1400. The number of aromatic nitrogens is 6. The molecule has 0 amide bonds. The molecule has 0 unspecified atom stereocenters. The predicted octanol–water partition coefficient (Wildman–Crippen LogP) is 4.47. The molecular formula is C26H25FN8. The van der Waals surface area contributed by atoms with Crippen molar-refractivity contribution in [1.29, 1.82) is 5.26 Å². The lowest BCUT2D eigenvalue weighted by molar-refractivity contribution is 0.474. The maximum atomic E-state index is 13.6. The van der Waals surface area contributed by atoms with Crippen molar-refractivity contribution in [3.8, 4) is 28.5 Å². The average Bonchev–Trinajstić information content (AvgIpc) is 3.46. The van der Waals surface area contributed by atoms with Gasteiger partial charge in [0.05, 0.1) is 23.0 Å². The van der Waals surface area contributed by atoms with Crippen molar-refractivity contribution in [2.75, 3.05) is 18.0 Å². The van der Waals surface area contributed by atoms with Gasteiger partial charge in [-0.1, -0.05) is 12.1 Å². The highest BCUT2D eigenvalue weighted by atomic mass is 19.1. The largest absolute Gasteiger partial charge is 0.370 e. The molecule has 4 heterocycles. The van der Waals surface area contributed by atoms with E-state index in [2.05, 4.69) is 26.2 Å². The van der Waals surface area contributed by atoms with Gasteiger partial charge < -0.3 is 9.47 Å². The molecule has 1 aliphatic heterocycles. The van der Waals surface area contributed by atoms with E-state index in [9.17, 15) is 9.65 Å². The van der Waals surface area contributed by atoms with E-state index in [0.717, 1.165) is 72.7 Å². The average molecular weight is 469 g/mol. The van der Waals surface area contributed by atoms with Crippen molar-refractivity contribution in [3.63, 3.8) is 0 Å². The first-order chi connectivity index (χ1) is 17.1. The van der Waals surface area contributed by atoms with Gasteiger partial charge >= 0.3 is 0 Å². The van der Waals surface area contributed by atoms with Crippen LogP contribution in [0.1, 0.15) is 49.0 Å². The molecular weight excluding hydrogens is 443 g/mol. The molecule has 176 valence electrons. The number of hydrogen-bond donors (Lipinski definition) is 0. The zero-order chi connectivity index (χ0) is 23.9. The quantitative estimate of drug-likeness (QED) is 0.402. The third-order valence-electron chi connectivity index (χ3n) is 7.06. The number of anilines is 1. The molecule has 3 aromatic heterocycles. The van der Waals surface area contributed by atoms with Crippen molar-refractivity contribution in [2.45, 2.75) is 37.6 Å². The van der Waals surface area contributed by atoms with Crippen LogP contribution in [0, 0.1) is 17.3 Å². The van der Waals surface area contributed by atoms with Gasteiger partial charge in [-0.3, -0.25) is 4.68 Å². The van der Waals surface area contributed by atoms with Gasteiger partial charge in [0.15, 0.2) is 0 Å². The molecule has 0 radical (unpaired) electrons. The lowest BCUT2D eigenvalue weighted by atomic mass is 9.91. The maximum Gasteiger partial charge on any atom is 0.212 e. The Hall–Kier alpha value is -4.06. The smallest absolute Gasteiger partial charge is 0.212 e. The third kappa shape index (κ3) is 3.95. The van der Waals surface area contributed by atoms with Crippen LogP contribution >= 0.6 is 0 Å². The number of aryl methyl sites for hydroxylation is 1. The van der Waals surface area contributed by atoms with Crippen molar-refractivity contribution >= 4 is 5.69 Å². The van der Waals surface area contributed by atoms with E-state index in [1.54, 1.807) is 12.4 Å². The van der Waals surface area contributed by atoms with Gasteiger partial charge in [0.2, 0.25) is 5.95 Å². The van der Waals surface area contributed by atoms with Crippen molar-refractivity contribution in [3.05, 3.63) is 66.4 Å². The Balaban J connectivity index is 1.41. The minimum Gasteiger partial charge on any atom is -0.370 e. The third-order valence-corrected chi connectivity index (χ3v) is 7.06. The van der Waals surface area contributed by atoms with E-state index in [0.29, 0.717) is 17.5 Å². The monoisotopic (exact) mass is 468 g/mol. The predicted molar refractivity (Wildman–Crippen MR) is 129 cm³/mol. The number of piperidine rings is 1. The minimum atomic E-state index is -0.525. The Labute approximate surface area is 202 Å². The molecule has 2 fully saturated rings. The molecule has 1 saturated carbocycles. The van der Waals surface area contributed by atoms with Crippen molar-refractivity contribution in [2.24, 2.45) is 7.05 Å². The van der Waals surface area contributed by atoms with E-state index in [1.807, 2.05) is 40.7 Å². The Kier molecular flexibility index (Phi) is 5.29. The topological polar surface area (TPSA) is 88.4 Å². The summed E-state index contributed by atoms with van der Waals surface area (Å²) in [6.45, 7) is 1.54. The summed E-state index contributed by atoms with van der Waals surface area (Å²) in [5.74, 6) is 0.785. The fourth-order valence-corrected chi connectivity index (χ4v) is 5.06. The van der Waals surface area contributed by atoms with E-state index >= 15 is 0 Å². The number of nitrogens with zero attached hydrogens (tertiary/aromatic N) is 8. The molecule has 35 heavy (non-hydrogen) atoms. The maximum absolute atomic E-state index is 13.6. The van der Waals surface area contributed by atoms with E-state index in [1.165, 1.54) is 12.3 Å². The minimum absolute atomic E-state index is 0.317. The van der Waals surface area contributed by atoms with Crippen LogP contribution in [-0.4, -0.2) is 42.6 Å². The van der Waals surface area contributed by atoms with Crippen LogP contribution in [0.15, 0.2) is 49.1 Å². The first kappa shape index (κ1) is 21.5. The number of nitriles is 1. The normalized spacial score (nSPS) is 16.4. The fraction of sp³-hybridized carbons (Fsp3) is 0.346. The Morgan fingerprint density at radius 1 is 1.03 bits per heavy atom. The van der Waals surface area contributed by atoms with E-state index in [-0.39, 0.29) is 0 Å². The summed E-state index contributed by atoms with van der Waals surface area (Å²) in [6, 6.07) is 12.0. The van der Waals surface area contributed by atoms with Crippen LogP contribution in [-0.2, 0) is 7.05 Å². The molecule has 0 atom stereocenters. The van der Waals surface area contributed by atoms with Gasteiger partial charge in [-0.15, -0.1) is 10.2 Å². The second kappa shape index (κ2) is 8.62. The van der Waals surface area contributed by atoms with Crippen molar-refractivity contribution < 1.29 is 4.39 Å². The van der Waals surface area contributed by atoms with Gasteiger partial charge in [-0.2, -0.15) is 14.8 Å². The second-order valence-electron chi connectivity index (χ2n) is 9.34. The van der Waals surface area contributed by atoms with Crippen LogP contribution in [0.25, 0.3) is 22.4 Å². The molecule has 1 saturated heterocycles. The summed E-state index contributed by atoms with van der Waals surface area (Å²) in [4.78, 5) is 6.13. The van der Waals surface area contributed by atoms with Crippen LogP contribution in [0.3, 0.4) is 0 Å². The first-order valence-corrected chi connectivity index (χ1v) is 12.0. The molecule has 9 heteroatoms. The van der Waals surface area contributed by atoms with Crippen LogP contribution < -0.4 is 4.90 Å². The van der Waals surface area contributed by atoms with Gasteiger partial charge in [0, 0.05) is 55.1 Å². The standard InChI is InChI=1S/C26H25FN8/c1-33-16-30-31-26(33)17-8-11-34(12-9-17)25-20(18-2-7-24(27)29-15-18)5-6-21(22(25)14-28)23-10-13-35(32-23)19-3-4-19/h2,5-7,10,13,15-17,19H,3-4,8-9,11-12H2,1H3. The molecule has 0 bridgehead atoms. The van der Waals surface area contributed by atoms with E-state index in [4.69, 9.17) is 5.10 Å². The number of rotatable bonds is 5. The number of benzene rings is 1. The highest BCUT2D eigenvalue weighted by molar-refractivity contribution is 5.89. The molecule has 0 spiro atoms. The highest BCUT2D eigenvalue weighted by Crippen LogP contribution is 2.42. The fourth-order valence-electron chi connectivity index (χ4n) is 5.06. The molecule has 1 aliphatic carbocycles. The summed E-state index contributed by atoms with van der Waals surface area (Å²) in [5, 5.41) is 23.5. The van der Waals surface area contributed by atoms with Gasteiger partial charge in [0.25, 0.3) is 0 Å². The number of pyridine rings is 1. The summed E-state index contributed by atoms with van der Waals surface area (Å²) in [5.41, 5.74) is 4.71. The van der Waals surface area contributed by atoms with Crippen LogP contribution in [0.4, 0.5) is 10.1 Å². The number of halogens is 1. The van der Waals surface area contributed by atoms with Gasteiger partial charge in [-0.25, -0.2) is 4.98 Å². The summed E-state index contributed by atoms with van der Waals surface area (Å²) in [7, 11) is 1.97. The summed E-state index contributed by atoms with van der Waals surface area (Å²) >= 11 is 0. The molecule has 0 N–H and O–H groups in total. The molecule has 2 aliphatic rings. The van der Waals surface area contributed by atoms with Gasteiger partial charge in [0.1, 0.15) is 18.2 Å². The molecule has 4 aromatic rings. The SMILES string of the molecule is Cn1cnnc1C1CCN(c2c(-c3ccc(F)nc3)ccc(-c3ccn(C4CC4)n3)c2C#N)CC1. The molecule has 1 aromatic carbocycles. The lowest BCUT2D eigenvalue weighted by Crippen LogP contribution is -2.34. The second-order valence-corrected chi connectivity index (χ2v) is 9.34. The molecule has 8 nitrogen and oxygen atoms in total.